The molecular weight excluding hydrogens is 370 g/mol. The number of unbranched alkanes of at least 4 members (excludes halogenated alkanes) is 5. The van der Waals surface area contributed by atoms with Gasteiger partial charge >= 0.3 is 0 Å². The number of fused-ring (bicyclic) bond motifs is 1. The smallest absolute Gasteiger partial charge is 0.262 e. The lowest BCUT2D eigenvalue weighted by atomic mass is 10.0. The maximum absolute atomic E-state index is 13.3. The largest absolute Gasteiger partial charge is 0.396 e. The van der Waals surface area contributed by atoms with Gasteiger partial charge in [0.2, 0.25) is 11.8 Å². The Morgan fingerprint density at radius 1 is 1.10 bits per heavy atom. The average molecular weight is 399 g/mol. The highest BCUT2D eigenvalue weighted by Crippen LogP contribution is 2.22. The Kier molecular flexibility index (Phi) is 7.14. The Morgan fingerprint density at radius 3 is 2.55 bits per heavy atom. The lowest BCUT2D eigenvalue weighted by molar-refractivity contribution is -0.135. The van der Waals surface area contributed by atoms with Gasteiger partial charge in [-0.3, -0.25) is 24.3 Å². The number of nitrogens with zero attached hydrogens (tertiary/aromatic N) is 2. The zero-order chi connectivity index (χ0) is 20.8. The molecule has 1 unspecified atom stereocenters. The van der Waals surface area contributed by atoms with Gasteiger partial charge in [0, 0.05) is 13.0 Å². The third-order valence-electron chi connectivity index (χ3n) is 5.57. The minimum Gasteiger partial charge on any atom is -0.396 e. The summed E-state index contributed by atoms with van der Waals surface area (Å²) in [5.74, 6) is -0.253. The second-order valence-electron chi connectivity index (χ2n) is 7.71. The molecule has 0 aliphatic carbocycles. The molecule has 7 nitrogen and oxygen atoms in total. The summed E-state index contributed by atoms with van der Waals surface area (Å²) in [6, 6.07) is 5.01. The molecule has 3 rings (SSSR count). The molecule has 0 radical (unpaired) electrons. The molecule has 1 atom stereocenters. The first-order valence-corrected chi connectivity index (χ1v) is 10.5. The molecule has 1 fully saturated rings. The molecule has 1 aliphatic heterocycles. The van der Waals surface area contributed by atoms with E-state index in [4.69, 9.17) is 5.11 Å². The number of nitrogens with one attached hydrogen (secondary N) is 1. The number of hydrogen-bond donors (Lipinski definition) is 2. The van der Waals surface area contributed by atoms with Crippen molar-refractivity contribution >= 4 is 22.7 Å². The molecule has 156 valence electrons. The number of aliphatic hydroxyl groups is 1. The molecule has 2 amide bonds. The van der Waals surface area contributed by atoms with Crippen LogP contribution in [0.5, 0.6) is 0 Å². The fourth-order valence-corrected chi connectivity index (χ4v) is 4.06. The number of imide groups is 1. The lowest BCUT2D eigenvalue weighted by Crippen LogP contribution is -2.45. The Bertz CT molecular complexity index is 951. The first kappa shape index (κ1) is 21.2. The van der Waals surface area contributed by atoms with Crippen LogP contribution in [0.4, 0.5) is 0 Å². The molecule has 29 heavy (non-hydrogen) atoms. The standard InChI is InChI=1S/C22H29N3O4/c1-15-23-17-11-8-10-16(9-6-4-2-3-5-7-14-26)20(17)22(29)25(15)18-12-13-19(27)24-21(18)28/h8,10-11,18,26H,2-7,9,12-14H2,1H3,(H,24,27,28). The summed E-state index contributed by atoms with van der Waals surface area (Å²) in [7, 11) is 0. The number of piperidine rings is 1. The molecular formula is C22H29N3O4. The van der Waals surface area contributed by atoms with Gasteiger partial charge < -0.3 is 5.11 Å². The zero-order valence-corrected chi connectivity index (χ0v) is 16.9. The normalized spacial score (nSPS) is 17.0. The second-order valence-corrected chi connectivity index (χ2v) is 7.71. The van der Waals surface area contributed by atoms with Crippen molar-refractivity contribution in [3.63, 3.8) is 0 Å². The van der Waals surface area contributed by atoms with Gasteiger partial charge in [-0.1, -0.05) is 37.8 Å². The number of amides is 2. The lowest BCUT2D eigenvalue weighted by Gasteiger charge is -2.24. The summed E-state index contributed by atoms with van der Waals surface area (Å²) in [6.07, 6.45) is 7.49. The van der Waals surface area contributed by atoms with Crippen molar-refractivity contribution in [1.29, 1.82) is 0 Å². The highest BCUT2D eigenvalue weighted by molar-refractivity contribution is 5.99. The minimum atomic E-state index is -0.698. The van der Waals surface area contributed by atoms with Crippen LogP contribution in [0.1, 0.15) is 68.8 Å². The number of aryl methyl sites for hydroxylation is 2. The van der Waals surface area contributed by atoms with E-state index in [2.05, 4.69) is 10.3 Å². The van der Waals surface area contributed by atoms with Crippen molar-refractivity contribution in [3.8, 4) is 0 Å². The van der Waals surface area contributed by atoms with Crippen LogP contribution >= 0.6 is 0 Å². The number of benzene rings is 1. The highest BCUT2D eigenvalue weighted by atomic mass is 16.3. The van der Waals surface area contributed by atoms with E-state index < -0.39 is 11.9 Å². The molecule has 1 aliphatic rings. The summed E-state index contributed by atoms with van der Waals surface area (Å²) < 4.78 is 1.45. The van der Waals surface area contributed by atoms with Crippen molar-refractivity contribution in [2.45, 2.75) is 70.8 Å². The van der Waals surface area contributed by atoms with Crippen molar-refractivity contribution in [1.82, 2.24) is 14.9 Å². The van der Waals surface area contributed by atoms with Crippen molar-refractivity contribution in [2.24, 2.45) is 0 Å². The van der Waals surface area contributed by atoms with Crippen LogP contribution in [0.3, 0.4) is 0 Å². The molecule has 7 heteroatoms. The topological polar surface area (TPSA) is 101 Å². The van der Waals surface area contributed by atoms with Crippen molar-refractivity contribution in [3.05, 3.63) is 39.9 Å². The molecule has 1 aromatic carbocycles. The van der Waals surface area contributed by atoms with Crippen LogP contribution in [0, 0.1) is 6.92 Å². The van der Waals surface area contributed by atoms with E-state index in [0.717, 1.165) is 50.5 Å². The maximum atomic E-state index is 13.3. The van der Waals surface area contributed by atoms with E-state index in [1.54, 1.807) is 6.92 Å². The number of hydrogen-bond acceptors (Lipinski definition) is 5. The van der Waals surface area contributed by atoms with Crippen LogP contribution in [0.25, 0.3) is 10.9 Å². The van der Waals surface area contributed by atoms with Gasteiger partial charge in [-0.05, 0) is 44.2 Å². The van der Waals surface area contributed by atoms with Crippen LogP contribution in [0.15, 0.2) is 23.0 Å². The Balaban J connectivity index is 1.82. The fraction of sp³-hybridized carbons (Fsp3) is 0.545. The second kappa shape index (κ2) is 9.78. The summed E-state index contributed by atoms with van der Waals surface area (Å²) in [5, 5.41) is 11.7. The van der Waals surface area contributed by atoms with E-state index in [0.29, 0.717) is 23.1 Å². The molecule has 1 saturated heterocycles. The number of rotatable bonds is 9. The first-order chi connectivity index (χ1) is 14.0. The monoisotopic (exact) mass is 399 g/mol. The Labute approximate surface area is 170 Å². The van der Waals surface area contributed by atoms with Gasteiger partial charge in [-0.25, -0.2) is 4.98 Å². The van der Waals surface area contributed by atoms with E-state index in [1.807, 2.05) is 18.2 Å². The minimum absolute atomic E-state index is 0.208. The maximum Gasteiger partial charge on any atom is 0.262 e. The molecule has 0 spiro atoms. The zero-order valence-electron chi connectivity index (χ0n) is 16.9. The summed E-state index contributed by atoms with van der Waals surface area (Å²) >= 11 is 0. The quantitative estimate of drug-likeness (QED) is 0.498. The highest BCUT2D eigenvalue weighted by Gasteiger charge is 2.30. The van der Waals surface area contributed by atoms with Gasteiger partial charge in [0.05, 0.1) is 10.9 Å². The van der Waals surface area contributed by atoms with Crippen LogP contribution in [0.2, 0.25) is 0 Å². The van der Waals surface area contributed by atoms with Gasteiger partial charge in [0.15, 0.2) is 0 Å². The van der Waals surface area contributed by atoms with Gasteiger partial charge in [0.25, 0.3) is 5.56 Å². The SMILES string of the molecule is Cc1nc2cccc(CCCCCCCCO)c2c(=O)n1C1CCC(=O)NC1=O. The third-order valence-corrected chi connectivity index (χ3v) is 5.57. The van der Waals surface area contributed by atoms with Gasteiger partial charge in [-0.2, -0.15) is 0 Å². The number of aromatic nitrogens is 2. The molecule has 1 aromatic heterocycles. The number of carbonyl (C=O) groups excluding carboxylic acids is 2. The Hall–Kier alpha value is -2.54. The van der Waals surface area contributed by atoms with E-state index in [9.17, 15) is 14.4 Å². The summed E-state index contributed by atoms with van der Waals surface area (Å²) in [6.45, 7) is 1.98. The van der Waals surface area contributed by atoms with E-state index >= 15 is 0 Å². The first-order valence-electron chi connectivity index (χ1n) is 10.5. The van der Waals surface area contributed by atoms with E-state index in [1.165, 1.54) is 4.57 Å². The van der Waals surface area contributed by atoms with Crippen LogP contribution in [-0.2, 0) is 16.0 Å². The van der Waals surface area contributed by atoms with Gasteiger partial charge in [-0.15, -0.1) is 0 Å². The van der Waals surface area contributed by atoms with Gasteiger partial charge in [0.1, 0.15) is 11.9 Å². The molecule has 0 bridgehead atoms. The predicted molar refractivity (Wildman–Crippen MR) is 111 cm³/mol. The number of carbonyl (C=O) groups is 2. The summed E-state index contributed by atoms with van der Waals surface area (Å²) in [5.41, 5.74) is 1.40. The fourth-order valence-electron chi connectivity index (χ4n) is 4.06. The van der Waals surface area contributed by atoms with Crippen LogP contribution < -0.4 is 10.9 Å². The third kappa shape index (κ3) is 4.90. The molecule has 2 heterocycles. The van der Waals surface area contributed by atoms with Crippen LogP contribution in [-0.4, -0.2) is 33.1 Å². The van der Waals surface area contributed by atoms with Crippen molar-refractivity contribution < 1.29 is 14.7 Å². The molecule has 0 saturated carbocycles. The number of aliphatic hydroxyl groups excluding tert-OH is 1. The predicted octanol–water partition coefficient (Wildman–Crippen LogP) is 2.56. The summed E-state index contributed by atoms with van der Waals surface area (Å²) in [4.78, 5) is 41.7. The molecule has 2 aromatic rings. The van der Waals surface area contributed by atoms with E-state index in [-0.39, 0.29) is 24.5 Å². The molecule has 2 N–H and O–H groups in total. The average Bonchev–Trinajstić information content (AvgIpc) is 2.68. The Morgan fingerprint density at radius 2 is 1.83 bits per heavy atom. The van der Waals surface area contributed by atoms with Crippen molar-refractivity contribution in [2.75, 3.05) is 6.61 Å².